The second-order valence-electron chi connectivity index (χ2n) is 5.07. The summed E-state index contributed by atoms with van der Waals surface area (Å²) in [6.45, 7) is 5.91. The van der Waals surface area contributed by atoms with E-state index in [4.69, 9.17) is 5.73 Å². The lowest BCUT2D eigenvalue weighted by Gasteiger charge is -2.36. The van der Waals surface area contributed by atoms with Gasteiger partial charge in [0.2, 0.25) is 5.95 Å². The first kappa shape index (κ1) is 12.7. The summed E-state index contributed by atoms with van der Waals surface area (Å²) in [5.41, 5.74) is 9.22. The van der Waals surface area contributed by atoms with Crippen LogP contribution in [0, 0.1) is 6.92 Å². The van der Waals surface area contributed by atoms with E-state index in [0.717, 1.165) is 37.8 Å². The molecule has 0 spiro atoms. The highest BCUT2D eigenvalue weighted by Gasteiger charge is 2.19. The Hall–Kier alpha value is -2.30. The van der Waals surface area contributed by atoms with Gasteiger partial charge in [0.05, 0.1) is 0 Å². The van der Waals surface area contributed by atoms with E-state index >= 15 is 0 Å². The van der Waals surface area contributed by atoms with Crippen LogP contribution in [0.15, 0.2) is 36.7 Å². The summed E-state index contributed by atoms with van der Waals surface area (Å²) in [6, 6.07) is 7.93. The van der Waals surface area contributed by atoms with Gasteiger partial charge in [0.15, 0.2) is 0 Å². The van der Waals surface area contributed by atoms with Crippen LogP contribution >= 0.6 is 0 Å². The number of anilines is 3. The molecule has 0 radical (unpaired) electrons. The Labute approximate surface area is 119 Å². The number of rotatable bonds is 2. The molecule has 0 aliphatic carbocycles. The van der Waals surface area contributed by atoms with Gasteiger partial charge in [-0.2, -0.15) is 0 Å². The molecule has 0 unspecified atom stereocenters. The van der Waals surface area contributed by atoms with Crippen molar-refractivity contribution in [3.63, 3.8) is 0 Å². The number of aryl methyl sites for hydroxylation is 1. The van der Waals surface area contributed by atoms with E-state index in [-0.39, 0.29) is 0 Å². The number of nitrogens with two attached hydrogens (primary N) is 1. The molecule has 1 aromatic heterocycles. The summed E-state index contributed by atoms with van der Waals surface area (Å²) in [5, 5.41) is 0. The molecule has 0 saturated carbocycles. The minimum atomic E-state index is 0.816. The molecular weight excluding hydrogens is 250 g/mol. The highest BCUT2D eigenvalue weighted by Crippen LogP contribution is 2.24. The molecule has 2 heterocycles. The number of nitrogen functional groups attached to an aromatic ring is 1. The van der Waals surface area contributed by atoms with Gasteiger partial charge in [-0.15, -0.1) is 0 Å². The van der Waals surface area contributed by atoms with Crippen LogP contribution in [0.4, 0.5) is 17.3 Å². The Morgan fingerprint density at radius 3 is 2.35 bits per heavy atom. The van der Waals surface area contributed by atoms with Crippen molar-refractivity contribution < 1.29 is 0 Å². The van der Waals surface area contributed by atoms with Crippen LogP contribution in [-0.2, 0) is 0 Å². The monoisotopic (exact) mass is 269 g/mol. The largest absolute Gasteiger partial charge is 0.399 e. The van der Waals surface area contributed by atoms with Crippen molar-refractivity contribution in [2.24, 2.45) is 0 Å². The molecule has 5 heteroatoms. The van der Waals surface area contributed by atoms with Gasteiger partial charge < -0.3 is 15.5 Å². The quantitative estimate of drug-likeness (QED) is 0.841. The molecule has 1 aliphatic rings. The van der Waals surface area contributed by atoms with Crippen molar-refractivity contribution in [1.29, 1.82) is 0 Å². The van der Waals surface area contributed by atoms with Crippen molar-refractivity contribution in [3.05, 3.63) is 42.2 Å². The van der Waals surface area contributed by atoms with Crippen molar-refractivity contribution in [2.45, 2.75) is 6.92 Å². The predicted molar refractivity (Wildman–Crippen MR) is 82.0 cm³/mol. The molecule has 20 heavy (non-hydrogen) atoms. The molecule has 0 amide bonds. The van der Waals surface area contributed by atoms with Crippen LogP contribution in [0.2, 0.25) is 0 Å². The minimum Gasteiger partial charge on any atom is -0.399 e. The summed E-state index contributed by atoms with van der Waals surface area (Å²) in [5.74, 6) is 0.816. The summed E-state index contributed by atoms with van der Waals surface area (Å²) in [7, 11) is 0. The van der Waals surface area contributed by atoms with Gasteiger partial charge in [-0.25, -0.2) is 9.97 Å². The first-order valence-electron chi connectivity index (χ1n) is 6.87. The van der Waals surface area contributed by atoms with E-state index in [2.05, 4.69) is 38.8 Å². The molecule has 1 aromatic carbocycles. The van der Waals surface area contributed by atoms with Crippen LogP contribution in [0.3, 0.4) is 0 Å². The number of piperazine rings is 1. The molecule has 2 N–H and O–H groups in total. The zero-order valence-electron chi connectivity index (χ0n) is 11.7. The van der Waals surface area contributed by atoms with Crippen molar-refractivity contribution in [2.75, 3.05) is 41.7 Å². The van der Waals surface area contributed by atoms with Gasteiger partial charge in [-0.1, -0.05) is 6.07 Å². The molecule has 104 valence electrons. The Bertz CT molecular complexity index is 576. The molecule has 1 aliphatic heterocycles. The fourth-order valence-corrected chi connectivity index (χ4v) is 2.57. The van der Waals surface area contributed by atoms with Gasteiger partial charge in [0.25, 0.3) is 0 Å². The normalized spacial score (nSPS) is 15.4. The Kier molecular flexibility index (Phi) is 3.41. The third-order valence-corrected chi connectivity index (χ3v) is 3.69. The average molecular weight is 269 g/mol. The van der Waals surface area contributed by atoms with Crippen LogP contribution in [0.5, 0.6) is 0 Å². The highest BCUT2D eigenvalue weighted by atomic mass is 15.3. The van der Waals surface area contributed by atoms with E-state index in [0.29, 0.717) is 0 Å². The van der Waals surface area contributed by atoms with E-state index in [1.54, 1.807) is 12.4 Å². The van der Waals surface area contributed by atoms with E-state index in [1.807, 2.05) is 12.1 Å². The Morgan fingerprint density at radius 2 is 1.65 bits per heavy atom. The smallest absolute Gasteiger partial charge is 0.225 e. The fraction of sp³-hybridized carbons (Fsp3) is 0.333. The van der Waals surface area contributed by atoms with Crippen molar-refractivity contribution in [1.82, 2.24) is 9.97 Å². The first-order valence-corrected chi connectivity index (χ1v) is 6.87. The van der Waals surface area contributed by atoms with E-state index in [1.165, 1.54) is 11.3 Å². The van der Waals surface area contributed by atoms with E-state index < -0.39 is 0 Å². The van der Waals surface area contributed by atoms with Crippen LogP contribution in [0.25, 0.3) is 0 Å². The van der Waals surface area contributed by atoms with Crippen molar-refractivity contribution in [3.8, 4) is 0 Å². The third kappa shape index (κ3) is 2.52. The van der Waals surface area contributed by atoms with Crippen molar-refractivity contribution >= 4 is 17.3 Å². The minimum absolute atomic E-state index is 0.816. The predicted octanol–water partition coefficient (Wildman–Crippen LogP) is 1.69. The van der Waals surface area contributed by atoms with Crippen LogP contribution in [0.1, 0.15) is 5.56 Å². The lowest BCUT2D eigenvalue weighted by Crippen LogP contribution is -2.47. The SMILES string of the molecule is Cc1ccc(N)cc1N1CCN(c2ncccn2)CC1. The lowest BCUT2D eigenvalue weighted by atomic mass is 10.1. The fourth-order valence-electron chi connectivity index (χ4n) is 2.57. The Morgan fingerprint density at radius 1 is 1.00 bits per heavy atom. The molecular formula is C15H19N5. The van der Waals surface area contributed by atoms with Crippen LogP contribution in [-0.4, -0.2) is 36.1 Å². The molecule has 5 nitrogen and oxygen atoms in total. The van der Waals surface area contributed by atoms with Gasteiger partial charge in [-0.05, 0) is 30.7 Å². The maximum Gasteiger partial charge on any atom is 0.225 e. The molecule has 0 bridgehead atoms. The average Bonchev–Trinajstić information content (AvgIpc) is 2.51. The number of hydrogen-bond acceptors (Lipinski definition) is 5. The van der Waals surface area contributed by atoms with Gasteiger partial charge in [0, 0.05) is 49.9 Å². The van der Waals surface area contributed by atoms with E-state index in [9.17, 15) is 0 Å². The molecule has 2 aromatic rings. The standard InChI is InChI=1S/C15H19N5/c1-12-3-4-13(16)11-14(12)19-7-9-20(10-8-19)15-17-5-2-6-18-15/h2-6,11H,7-10,16H2,1H3. The summed E-state index contributed by atoms with van der Waals surface area (Å²) < 4.78 is 0. The molecule has 1 fully saturated rings. The molecule has 0 atom stereocenters. The number of aromatic nitrogens is 2. The zero-order valence-corrected chi connectivity index (χ0v) is 11.7. The number of nitrogens with zero attached hydrogens (tertiary/aromatic N) is 4. The van der Waals surface area contributed by atoms with Gasteiger partial charge >= 0.3 is 0 Å². The first-order chi connectivity index (χ1) is 9.74. The topological polar surface area (TPSA) is 58.3 Å². The molecule has 3 rings (SSSR count). The second-order valence-corrected chi connectivity index (χ2v) is 5.07. The summed E-state index contributed by atoms with van der Waals surface area (Å²) in [6.07, 6.45) is 3.58. The maximum atomic E-state index is 5.90. The zero-order chi connectivity index (χ0) is 13.9. The third-order valence-electron chi connectivity index (χ3n) is 3.69. The summed E-state index contributed by atoms with van der Waals surface area (Å²) in [4.78, 5) is 13.2. The maximum absolute atomic E-state index is 5.90. The highest BCUT2D eigenvalue weighted by molar-refractivity contribution is 5.61. The molecule has 1 saturated heterocycles. The van der Waals surface area contributed by atoms with Crippen LogP contribution < -0.4 is 15.5 Å². The number of hydrogen-bond donors (Lipinski definition) is 1. The summed E-state index contributed by atoms with van der Waals surface area (Å²) >= 11 is 0. The second kappa shape index (κ2) is 5.36. The number of benzene rings is 1. The Balaban J connectivity index is 1.71. The lowest BCUT2D eigenvalue weighted by molar-refractivity contribution is 0.639. The van der Waals surface area contributed by atoms with Gasteiger partial charge in [0.1, 0.15) is 0 Å². The van der Waals surface area contributed by atoms with Gasteiger partial charge in [-0.3, -0.25) is 0 Å².